The van der Waals surface area contributed by atoms with E-state index in [1.807, 2.05) is 6.07 Å². The molecule has 36 heavy (non-hydrogen) atoms. The van der Waals surface area contributed by atoms with Gasteiger partial charge in [-0.3, -0.25) is 9.59 Å². The van der Waals surface area contributed by atoms with Gasteiger partial charge in [0.15, 0.2) is 0 Å². The topological polar surface area (TPSA) is 135 Å². The van der Waals surface area contributed by atoms with Crippen molar-refractivity contribution in [1.82, 2.24) is 20.3 Å². The number of H-pyrrole nitrogens is 1. The van der Waals surface area contributed by atoms with Crippen LogP contribution in [0.1, 0.15) is 27.5 Å². The molecule has 11 heteroatoms. The molecule has 2 aromatic carbocycles. The number of aromatic nitrogens is 3. The van der Waals surface area contributed by atoms with E-state index in [4.69, 9.17) is 33.7 Å². The van der Waals surface area contributed by atoms with Crippen LogP contribution in [-0.2, 0) is 0 Å². The highest BCUT2D eigenvalue weighted by Crippen LogP contribution is 2.27. The number of pyridine rings is 1. The number of nitrogens with two attached hydrogens (primary N) is 1. The second kappa shape index (κ2) is 10.8. The second-order valence-electron chi connectivity index (χ2n) is 7.79. The highest BCUT2D eigenvalue weighted by Gasteiger charge is 2.17. The lowest BCUT2D eigenvalue weighted by Gasteiger charge is -2.18. The van der Waals surface area contributed by atoms with Gasteiger partial charge in [-0.1, -0.05) is 41.9 Å². The maximum absolute atomic E-state index is 13.0. The summed E-state index contributed by atoms with van der Waals surface area (Å²) in [6, 6.07) is 13.2. The van der Waals surface area contributed by atoms with E-state index in [1.165, 1.54) is 13.3 Å². The molecule has 0 aliphatic carbocycles. The third-order valence-corrected chi connectivity index (χ3v) is 5.95. The number of benzene rings is 2. The van der Waals surface area contributed by atoms with Crippen molar-refractivity contribution >= 4 is 51.5 Å². The normalized spacial score (nSPS) is 11.7. The Morgan fingerprint density at radius 3 is 2.75 bits per heavy atom. The van der Waals surface area contributed by atoms with Crippen LogP contribution in [0.15, 0.2) is 66.1 Å². The Labute approximate surface area is 216 Å². The van der Waals surface area contributed by atoms with E-state index in [2.05, 4.69) is 32.2 Å². The summed E-state index contributed by atoms with van der Waals surface area (Å²) >= 11 is 12.4. The number of rotatable bonds is 8. The third-order valence-electron chi connectivity index (χ3n) is 5.39. The SMILES string of the molecule is C=C(Nc1cc(C(=O)N[C@H](CN)c2cccc(Cl)c2)ccc1Cl)c1cc2cnc(OC)nc2[nH]c1=O. The molecule has 0 spiro atoms. The lowest BCUT2D eigenvalue weighted by Crippen LogP contribution is -2.33. The van der Waals surface area contributed by atoms with Crippen LogP contribution in [0.2, 0.25) is 10.0 Å². The predicted octanol–water partition coefficient (Wildman–Crippen LogP) is 4.15. The first-order valence-electron chi connectivity index (χ1n) is 10.8. The van der Waals surface area contributed by atoms with Gasteiger partial charge in [0.1, 0.15) is 5.65 Å². The number of halogens is 2. The summed E-state index contributed by atoms with van der Waals surface area (Å²) in [5.74, 6) is -0.356. The van der Waals surface area contributed by atoms with E-state index >= 15 is 0 Å². The molecule has 5 N–H and O–H groups in total. The smallest absolute Gasteiger partial charge is 0.318 e. The van der Waals surface area contributed by atoms with E-state index in [9.17, 15) is 9.59 Å². The fourth-order valence-corrected chi connectivity index (χ4v) is 3.90. The van der Waals surface area contributed by atoms with E-state index in [0.29, 0.717) is 32.3 Å². The molecule has 0 unspecified atom stereocenters. The Hall–Kier alpha value is -3.92. The molecule has 0 saturated heterocycles. The standard InChI is InChI=1S/C25H22Cl2N6O3/c1-13(18-9-16-12-29-25(36-2)33-22(16)32-24(18)35)30-20-10-15(6-7-19(20)27)23(34)31-21(11-28)14-4-3-5-17(26)8-14/h3-10,12,21,30H,1,11,28H2,2H3,(H,31,34)(H,29,32,33,35)/t21-/m1/s1. The number of hydrogen-bond acceptors (Lipinski definition) is 7. The molecule has 0 fully saturated rings. The molecular weight excluding hydrogens is 503 g/mol. The van der Waals surface area contributed by atoms with Crippen LogP contribution < -0.4 is 26.7 Å². The van der Waals surface area contributed by atoms with Crippen molar-refractivity contribution in [3.05, 3.63) is 98.4 Å². The van der Waals surface area contributed by atoms with Crippen molar-refractivity contribution in [1.29, 1.82) is 0 Å². The predicted molar refractivity (Wildman–Crippen MR) is 142 cm³/mol. The fraction of sp³-hybridized carbons (Fsp3) is 0.120. The maximum atomic E-state index is 13.0. The lowest BCUT2D eigenvalue weighted by molar-refractivity contribution is 0.0938. The van der Waals surface area contributed by atoms with Crippen molar-refractivity contribution in [2.75, 3.05) is 19.0 Å². The Morgan fingerprint density at radius 1 is 1.22 bits per heavy atom. The zero-order valence-corrected chi connectivity index (χ0v) is 20.7. The van der Waals surface area contributed by atoms with Gasteiger partial charge in [-0.25, -0.2) is 4.98 Å². The van der Waals surface area contributed by atoms with Crippen LogP contribution in [-0.4, -0.2) is 34.5 Å². The molecular formula is C25H22Cl2N6O3. The first-order valence-corrected chi connectivity index (χ1v) is 11.5. The molecule has 1 atom stereocenters. The van der Waals surface area contributed by atoms with Crippen LogP contribution in [0, 0.1) is 0 Å². The quantitative estimate of drug-likeness (QED) is 0.272. The molecule has 0 bridgehead atoms. The van der Waals surface area contributed by atoms with E-state index in [1.54, 1.807) is 42.5 Å². The lowest BCUT2D eigenvalue weighted by atomic mass is 10.1. The Kier molecular flexibility index (Phi) is 7.54. The fourth-order valence-electron chi connectivity index (χ4n) is 3.53. The molecule has 2 heterocycles. The Balaban J connectivity index is 1.56. The number of nitrogens with zero attached hydrogens (tertiary/aromatic N) is 2. The zero-order chi connectivity index (χ0) is 25.8. The van der Waals surface area contributed by atoms with Gasteiger partial charge in [0.2, 0.25) is 0 Å². The Morgan fingerprint density at radius 2 is 2.03 bits per heavy atom. The molecule has 0 aliphatic heterocycles. The highest BCUT2D eigenvalue weighted by molar-refractivity contribution is 6.33. The molecule has 0 saturated carbocycles. The van der Waals surface area contributed by atoms with Crippen LogP contribution >= 0.6 is 23.2 Å². The minimum atomic E-state index is -0.435. The first kappa shape index (κ1) is 25.2. The molecule has 1 amide bonds. The first-order chi connectivity index (χ1) is 17.3. The highest BCUT2D eigenvalue weighted by atomic mass is 35.5. The average molecular weight is 525 g/mol. The van der Waals surface area contributed by atoms with Crippen LogP contribution in [0.25, 0.3) is 16.7 Å². The van der Waals surface area contributed by atoms with Gasteiger partial charge < -0.3 is 26.1 Å². The molecule has 4 aromatic rings. The van der Waals surface area contributed by atoms with Gasteiger partial charge in [0, 0.05) is 34.4 Å². The molecule has 2 aromatic heterocycles. The molecule has 0 radical (unpaired) electrons. The van der Waals surface area contributed by atoms with Crippen molar-refractivity contribution in [2.24, 2.45) is 5.73 Å². The van der Waals surface area contributed by atoms with Crippen LogP contribution in [0.5, 0.6) is 6.01 Å². The average Bonchev–Trinajstić information content (AvgIpc) is 2.87. The van der Waals surface area contributed by atoms with Gasteiger partial charge in [0.05, 0.1) is 29.4 Å². The molecule has 0 aliphatic rings. The summed E-state index contributed by atoms with van der Waals surface area (Å²) in [7, 11) is 1.44. The number of nitrogens with one attached hydrogen (secondary N) is 3. The summed E-state index contributed by atoms with van der Waals surface area (Å²) in [6.07, 6.45) is 1.53. The van der Waals surface area contributed by atoms with Crippen molar-refractivity contribution in [3.63, 3.8) is 0 Å². The van der Waals surface area contributed by atoms with Gasteiger partial charge in [-0.2, -0.15) is 4.98 Å². The third kappa shape index (κ3) is 5.49. The van der Waals surface area contributed by atoms with E-state index in [0.717, 1.165) is 5.56 Å². The number of carbonyl (C=O) groups is 1. The Bertz CT molecular complexity index is 1520. The summed E-state index contributed by atoms with van der Waals surface area (Å²) in [5, 5.41) is 7.39. The minimum Gasteiger partial charge on any atom is -0.467 e. The van der Waals surface area contributed by atoms with Gasteiger partial charge in [0.25, 0.3) is 11.5 Å². The number of hydrogen-bond donors (Lipinski definition) is 4. The number of amides is 1. The summed E-state index contributed by atoms with van der Waals surface area (Å²) in [6.45, 7) is 4.14. The summed E-state index contributed by atoms with van der Waals surface area (Å²) in [5.41, 5.74) is 7.84. The summed E-state index contributed by atoms with van der Waals surface area (Å²) in [4.78, 5) is 36.5. The number of fused-ring (bicyclic) bond motifs is 1. The van der Waals surface area contributed by atoms with Crippen LogP contribution in [0.3, 0.4) is 0 Å². The minimum absolute atomic E-state index is 0.136. The maximum Gasteiger partial charge on any atom is 0.318 e. The zero-order valence-electron chi connectivity index (χ0n) is 19.1. The number of methoxy groups -OCH3 is 1. The molecule has 4 rings (SSSR count). The van der Waals surface area contributed by atoms with Crippen molar-refractivity contribution < 1.29 is 9.53 Å². The van der Waals surface area contributed by atoms with Crippen molar-refractivity contribution in [2.45, 2.75) is 6.04 Å². The van der Waals surface area contributed by atoms with Gasteiger partial charge in [-0.15, -0.1) is 0 Å². The van der Waals surface area contributed by atoms with E-state index < -0.39 is 11.6 Å². The number of aromatic amines is 1. The molecule has 9 nitrogen and oxygen atoms in total. The number of anilines is 1. The largest absolute Gasteiger partial charge is 0.467 e. The second-order valence-corrected chi connectivity index (χ2v) is 8.63. The molecule has 184 valence electrons. The van der Waals surface area contributed by atoms with Crippen molar-refractivity contribution in [3.8, 4) is 6.01 Å². The van der Waals surface area contributed by atoms with Gasteiger partial charge in [-0.05, 0) is 42.0 Å². The van der Waals surface area contributed by atoms with Crippen LogP contribution in [0.4, 0.5) is 5.69 Å². The monoisotopic (exact) mass is 524 g/mol. The number of carbonyl (C=O) groups excluding carboxylic acids is 1. The number of ether oxygens (including phenoxy) is 1. The van der Waals surface area contributed by atoms with E-state index in [-0.39, 0.29) is 29.7 Å². The van der Waals surface area contributed by atoms with Gasteiger partial charge >= 0.3 is 6.01 Å². The summed E-state index contributed by atoms with van der Waals surface area (Å²) < 4.78 is 4.99.